The highest BCUT2D eigenvalue weighted by molar-refractivity contribution is 5.69. The molecule has 0 aliphatic heterocycles. The zero-order valence-corrected chi connectivity index (χ0v) is 7.19. The van der Waals surface area contributed by atoms with Crippen molar-refractivity contribution < 1.29 is 14.6 Å². The van der Waals surface area contributed by atoms with E-state index in [9.17, 15) is 9.90 Å². The third-order valence-corrected chi connectivity index (χ3v) is 2.45. The lowest BCUT2D eigenvalue weighted by Gasteiger charge is -2.15. The molecular weight excluding hydrogens is 158 g/mol. The minimum atomic E-state index is -0.538. The summed E-state index contributed by atoms with van der Waals surface area (Å²) >= 11 is 0. The Morgan fingerprint density at radius 2 is 2.33 bits per heavy atom. The van der Waals surface area contributed by atoms with Gasteiger partial charge in [-0.3, -0.25) is 4.79 Å². The first-order chi connectivity index (χ1) is 5.65. The lowest BCUT2D eigenvalue weighted by molar-refractivity contribution is -0.142. The fraction of sp³-hybridized carbons (Fsp3) is 0.875. The van der Waals surface area contributed by atoms with Crippen molar-refractivity contribution in [3.63, 3.8) is 0 Å². The van der Waals surface area contributed by atoms with E-state index in [-0.39, 0.29) is 24.3 Å². The fourth-order valence-corrected chi connectivity index (χ4v) is 1.62. The number of carbonyl (C=O) groups is 1. The van der Waals surface area contributed by atoms with E-state index in [4.69, 9.17) is 5.73 Å². The van der Waals surface area contributed by atoms with Crippen LogP contribution in [0.25, 0.3) is 0 Å². The molecule has 0 aromatic heterocycles. The van der Waals surface area contributed by atoms with Crippen molar-refractivity contribution in [1.82, 2.24) is 0 Å². The summed E-state index contributed by atoms with van der Waals surface area (Å²) in [5.74, 6) is -0.277. The quantitative estimate of drug-likeness (QED) is 0.560. The third-order valence-electron chi connectivity index (χ3n) is 2.45. The zero-order chi connectivity index (χ0) is 9.14. The van der Waals surface area contributed by atoms with Gasteiger partial charge in [-0.2, -0.15) is 0 Å². The Morgan fingerprint density at radius 1 is 1.67 bits per heavy atom. The molecule has 0 bridgehead atoms. The lowest BCUT2D eigenvalue weighted by atomic mass is 10.0. The number of rotatable bonds is 2. The van der Waals surface area contributed by atoms with E-state index in [1.54, 1.807) is 0 Å². The van der Waals surface area contributed by atoms with E-state index in [2.05, 4.69) is 4.74 Å². The van der Waals surface area contributed by atoms with Crippen LogP contribution in [0.5, 0.6) is 0 Å². The van der Waals surface area contributed by atoms with Crippen molar-refractivity contribution in [1.29, 1.82) is 0 Å². The molecule has 4 nitrogen and oxygen atoms in total. The average Bonchev–Trinajstić information content (AvgIpc) is 2.36. The van der Waals surface area contributed by atoms with Gasteiger partial charge in [0, 0.05) is 6.04 Å². The molecule has 0 saturated heterocycles. The van der Waals surface area contributed by atoms with E-state index in [0.29, 0.717) is 0 Å². The molecule has 0 heterocycles. The summed E-state index contributed by atoms with van der Waals surface area (Å²) < 4.78 is 4.50. The monoisotopic (exact) mass is 173 g/mol. The highest BCUT2D eigenvalue weighted by Crippen LogP contribution is 2.27. The highest BCUT2D eigenvalue weighted by atomic mass is 16.5. The molecule has 3 atom stereocenters. The van der Waals surface area contributed by atoms with E-state index in [0.717, 1.165) is 12.8 Å². The van der Waals surface area contributed by atoms with Gasteiger partial charge in [-0.05, 0) is 18.8 Å². The summed E-state index contributed by atoms with van der Waals surface area (Å²) in [6, 6.07) is -0.167. The summed E-state index contributed by atoms with van der Waals surface area (Å²) in [5, 5.41) is 9.47. The van der Waals surface area contributed by atoms with Crippen LogP contribution in [0.1, 0.15) is 19.3 Å². The van der Waals surface area contributed by atoms with Gasteiger partial charge in [0.2, 0.25) is 0 Å². The molecule has 1 aliphatic carbocycles. The third kappa shape index (κ3) is 1.95. The second kappa shape index (κ2) is 3.87. The molecule has 1 saturated carbocycles. The molecule has 1 rings (SSSR count). The molecule has 0 radical (unpaired) electrons. The van der Waals surface area contributed by atoms with Gasteiger partial charge in [-0.15, -0.1) is 0 Å². The largest absolute Gasteiger partial charge is 0.469 e. The van der Waals surface area contributed by atoms with Crippen molar-refractivity contribution in [3.8, 4) is 0 Å². The summed E-state index contributed by atoms with van der Waals surface area (Å²) in [6.45, 7) is 0. The van der Waals surface area contributed by atoms with Crippen LogP contribution in [0.3, 0.4) is 0 Å². The maximum Gasteiger partial charge on any atom is 0.305 e. The van der Waals surface area contributed by atoms with E-state index in [1.165, 1.54) is 7.11 Å². The number of hydrogen-bond donors (Lipinski definition) is 2. The second-order valence-corrected chi connectivity index (χ2v) is 3.27. The molecule has 1 aliphatic rings. The smallest absolute Gasteiger partial charge is 0.305 e. The van der Waals surface area contributed by atoms with E-state index in [1.807, 2.05) is 0 Å². The number of aliphatic hydroxyl groups is 1. The standard InChI is InChI=1S/C8H15NO3/c1-12-7(10)4-5-2-3-6(9)8(5)11/h5-6,8,11H,2-4,9H2,1H3/t5-,6-,8-/m0/s1. The van der Waals surface area contributed by atoms with Crippen LogP contribution < -0.4 is 5.73 Å². The predicted molar refractivity (Wildman–Crippen MR) is 43.3 cm³/mol. The Kier molecular flexibility index (Phi) is 3.05. The summed E-state index contributed by atoms with van der Waals surface area (Å²) in [6.07, 6.45) is 1.36. The minimum absolute atomic E-state index is 0.00699. The average molecular weight is 173 g/mol. The summed E-state index contributed by atoms with van der Waals surface area (Å²) in [5.41, 5.74) is 5.58. The van der Waals surface area contributed by atoms with Crippen LogP contribution in [0.15, 0.2) is 0 Å². The normalized spacial score (nSPS) is 35.1. The molecule has 0 spiro atoms. The number of ether oxygens (including phenoxy) is 1. The minimum Gasteiger partial charge on any atom is -0.469 e. The first-order valence-corrected chi connectivity index (χ1v) is 4.15. The SMILES string of the molecule is COC(=O)C[C@@H]1CC[C@H](N)[C@H]1O. The number of aliphatic hydroxyl groups excluding tert-OH is 1. The molecule has 0 aromatic carbocycles. The Morgan fingerprint density at radius 3 is 2.75 bits per heavy atom. The second-order valence-electron chi connectivity index (χ2n) is 3.27. The van der Waals surface area contributed by atoms with Crippen LogP contribution in [-0.2, 0) is 9.53 Å². The molecule has 0 amide bonds. The van der Waals surface area contributed by atoms with Crippen molar-refractivity contribution in [3.05, 3.63) is 0 Å². The van der Waals surface area contributed by atoms with Crippen LogP contribution in [0.2, 0.25) is 0 Å². The van der Waals surface area contributed by atoms with Crippen molar-refractivity contribution in [2.24, 2.45) is 11.7 Å². The summed E-state index contributed by atoms with van der Waals surface area (Å²) in [4.78, 5) is 10.8. The molecule has 12 heavy (non-hydrogen) atoms. The van der Waals surface area contributed by atoms with Gasteiger partial charge in [0.15, 0.2) is 0 Å². The lowest BCUT2D eigenvalue weighted by Crippen LogP contribution is -2.33. The van der Waals surface area contributed by atoms with Crippen LogP contribution in [0, 0.1) is 5.92 Å². The first kappa shape index (κ1) is 9.48. The number of methoxy groups -OCH3 is 1. The molecule has 0 unspecified atom stereocenters. The van der Waals surface area contributed by atoms with Gasteiger partial charge >= 0.3 is 5.97 Å². The van der Waals surface area contributed by atoms with Gasteiger partial charge in [0.1, 0.15) is 0 Å². The number of esters is 1. The maximum atomic E-state index is 10.8. The van der Waals surface area contributed by atoms with Gasteiger partial charge in [-0.1, -0.05) is 0 Å². The number of nitrogens with two attached hydrogens (primary N) is 1. The summed E-state index contributed by atoms with van der Waals surface area (Å²) in [7, 11) is 1.35. The molecule has 70 valence electrons. The van der Waals surface area contributed by atoms with Gasteiger partial charge in [0.25, 0.3) is 0 Å². The maximum absolute atomic E-state index is 10.8. The van der Waals surface area contributed by atoms with Gasteiger partial charge in [-0.25, -0.2) is 0 Å². The first-order valence-electron chi connectivity index (χ1n) is 4.15. The van der Waals surface area contributed by atoms with Crippen molar-refractivity contribution >= 4 is 5.97 Å². The van der Waals surface area contributed by atoms with Crippen molar-refractivity contribution in [2.45, 2.75) is 31.4 Å². The van der Waals surface area contributed by atoms with Crippen LogP contribution in [-0.4, -0.2) is 30.3 Å². The molecule has 0 aromatic rings. The molecule has 4 heteroatoms. The van der Waals surface area contributed by atoms with Gasteiger partial charge in [0.05, 0.1) is 19.6 Å². The van der Waals surface area contributed by atoms with E-state index < -0.39 is 6.10 Å². The molecular formula is C8H15NO3. The fourth-order valence-electron chi connectivity index (χ4n) is 1.62. The molecule has 3 N–H and O–H groups in total. The topological polar surface area (TPSA) is 72.5 Å². The van der Waals surface area contributed by atoms with E-state index >= 15 is 0 Å². The van der Waals surface area contributed by atoms with Crippen LogP contribution >= 0.6 is 0 Å². The predicted octanol–water partition coefficient (Wildman–Crippen LogP) is -0.352. The Labute approximate surface area is 71.7 Å². The zero-order valence-electron chi connectivity index (χ0n) is 7.19. The van der Waals surface area contributed by atoms with Gasteiger partial charge < -0.3 is 15.6 Å². The van der Waals surface area contributed by atoms with Crippen molar-refractivity contribution in [2.75, 3.05) is 7.11 Å². The Balaban J connectivity index is 2.38. The highest BCUT2D eigenvalue weighted by Gasteiger charge is 2.33. The molecule has 1 fully saturated rings. The Bertz CT molecular complexity index is 172. The number of hydrogen-bond acceptors (Lipinski definition) is 4. The number of carbonyl (C=O) groups excluding carboxylic acids is 1. The Hall–Kier alpha value is -0.610. The van der Waals surface area contributed by atoms with Crippen LogP contribution in [0.4, 0.5) is 0 Å².